The van der Waals surface area contributed by atoms with Gasteiger partial charge < -0.3 is 15.0 Å². The van der Waals surface area contributed by atoms with Crippen LogP contribution in [0.1, 0.15) is 16.1 Å². The maximum Gasteiger partial charge on any atom is 0.259 e. The van der Waals surface area contributed by atoms with Crippen molar-refractivity contribution in [3.63, 3.8) is 0 Å². The molecule has 1 aromatic carbocycles. The number of halogens is 1. The molecule has 0 saturated heterocycles. The Labute approximate surface area is 153 Å². The summed E-state index contributed by atoms with van der Waals surface area (Å²) < 4.78 is 5.43. The second-order valence-electron chi connectivity index (χ2n) is 5.71. The van der Waals surface area contributed by atoms with Gasteiger partial charge in [-0.15, -0.1) is 0 Å². The molecule has 3 aromatic heterocycles. The highest BCUT2D eigenvalue weighted by atomic mass is 35.5. The quantitative estimate of drug-likeness (QED) is 0.575. The van der Waals surface area contributed by atoms with Crippen LogP contribution in [-0.4, -0.2) is 33.0 Å². The van der Waals surface area contributed by atoms with Gasteiger partial charge in [-0.1, -0.05) is 11.6 Å². The van der Waals surface area contributed by atoms with E-state index in [1.165, 1.54) is 19.6 Å². The van der Waals surface area contributed by atoms with Gasteiger partial charge in [0.15, 0.2) is 5.75 Å². The molecule has 0 radical (unpaired) electrons. The van der Waals surface area contributed by atoms with Gasteiger partial charge in [0.2, 0.25) is 0 Å². The summed E-state index contributed by atoms with van der Waals surface area (Å²) in [4.78, 5) is 28.1. The summed E-state index contributed by atoms with van der Waals surface area (Å²) in [5, 5.41) is 5.10. The number of benzene rings is 1. The minimum absolute atomic E-state index is 0.346. The summed E-state index contributed by atoms with van der Waals surface area (Å²) >= 11 is 6.40. The van der Waals surface area contributed by atoms with Crippen molar-refractivity contribution in [2.24, 2.45) is 0 Å². The number of amides is 1. The molecular formula is C18H14ClN5O2. The van der Waals surface area contributed by atoms with E-state index in [1.807, 2.05) is 6.07 Å². The van der Waals surface area contributed by atoms with Crippen molar-refractivity contribution in [3.8, 4) is 5.75 Å². The number of fused-ring (bicyclic) bond motifs is 3. The number of pyridine rings is 1. The van der Waals surface area contributed by atoms with Crippen LogP contribution in [-0.2, 0) is 0 Å². The summed E-state index contributed by atoms with van der Waals surface area (Å²) in [5.41, 5.74) is 2.95. The molecule has 0 atom stereocenters. The van der Waals surface area contributed by atoms with Crippen molar-refractivity contribution >= 4 is 45.0 Å². The van der Waals surface area contributed by atoms with Crippen LogP contribution in [0.4, 0.5) is 5.69 Å². The number of hydrogen-bond acceptors (Lipinski definition) is 5. The molecule has 4 aromatic rings. The molecule has 7 nitrogen and oxygen atoms in total. The minimum atomic E-state index is -0.346. The fourth-order valence-electron chi connectivity index (χ4n) is 2.95. The molecular weight excluding hydrogens is 354 g/mol. The van der Waals surface area contributed by atoms with Crippen LogP contribution in [0.25, 0.3) is 21.8 Å². The molecule has 2 N–H and O–H groups in total. The summed E-state index contributed by atoms with van der Waals surface area (Å²) in [5.74, 6) is 0.0308. The molecule has 0 bridgehead atoms. The van der Waals surface area contributed by atoms with E-state index in [2.05, 4.69) is 25.3 Å². The van der Waals surface area contributed by atoms with Crippen LogP contribution >= 0.6 is 11.6 Å². The number of rotatable bonds is 3. The number of nitrogens with one attached hydrogen (secondary N) is 2. The molecule has 0 aliphatic rings. The first-order chi connectivity index (χ1) is 12.6. The number of nitrogens with zero attached hydrogens (tertiary/aromatic N) is 3. The van der Waals surface area contributed by atoms with Crippen molar-refractivity contribution in [2.75, 3.05) is 12.4 Å². The highest BCUT2D eigenvalue weighted by molar-refractivity contribution is 6.35. The Hall–Kier alpha value is -3.19. The van der Waals surface area contributed by atoms with Crippen LogP contribution in [0.5, 0.6) is 5.75 Å². The van der Waals surface area contributed by atoms with Gasteiger partial charge >= 0.3 is 0 Å². The van der Waals surface area contributed by atoms with E-state index in [4.69, 9.17) is 16.3 Å². The fraction of sp³-hybridized carbons (Fsp3) is 0.111. The van der Waals surface area contributed by atoms with E-state index < -0.39 is 0 Å². The van der Waals surface area contributed by atoms with Crippen molar-refractivity contribution < 1.29 is 9.53 Å². The first kappa shape index (κ1) is 16.3. The molecule has 0 aliphatic heterocycles. The Morgan fingerprint density at radius 1 is 1.27 bits per heavy atom. The first-order valence-corrected chi connectivity index (χ1v) is 8.17. The summed E-state index contributed by atoms with van der Waals surface area (Å²) in [6.45, 7) is 1.75. The SMILES string of the molecule is COc1c(Cl)cc2c([nH]c3cnccc32)c1NC(=O)c1cncnc1C. The van der Waals surface area contributed by atoms with Crippen molar-refractivity contribution in [1.29, 1.82) is 0 Å². The predicted octanol–water partition coefficient (Wildman–Crippen LogP) is 3.73. The lowest BCUT2D eigenvalue weighted by Crippen LogP contribution is -2.15. The van der Waals surface area contributed by atoms with Crippen LogP contribution < -0.4 is 10.1 Å². The number of aromatic amines is 1. The monoisotopic (exact) mass is 367 g/mol. The molecule has 3 heterocycles. The zero-order valence-electron chi connectivity index (χ0n) is 14.0. The highest BCUT2D eigenvalue weighted by Crippen LogP contribution is 2.42. The Morgan fingerprint density at radius 2 is 2.12 bits per heavy atom. The number of aryl methyl sites for hydroxylation is 1. The maximum atomic E-state index is 12.8. The third-order valence-corrected chi connectivity index (χ3v) is 4.48. The molecule has 0 fully saturated rings. The Morgan fingerprint density at radius 3 is 2.88 bits per heavy atom. The number of H-pyrrole nitrogens is 1. The number of carbonyl (C=O) groups excluding carboxylic acids is 1. The zero-order valence-corrected chi connectivity index (χ0v) is 14.8. The van der Waals surface area contributed by atoms with Gasteiger partial charge in [-0.2, -0.15) is 0 Å². The van der Waals surface area contributed by atoms with Crippen LogP contribution in [0.15, 0.2) is 37.1 Å². The molecule has 130 valence electrons. The lowest BCUT2D eigenvalue weighted by molar-refractivity contribution is 0.102. The van der Waals surface area contributed by atoms with E-state index in [9.17, 15) is 4.79 Å². The predicted molar refractivity (Wildman–Crippen MR) is 99.9 cm³/mol. The molecule has 1 amide bonds. The smallest absolute Gasteiger partial charge is 0.259 e. The number of methoxy groups -OCH3 is 1. The van der Waals surface area contributed by atoms with E-state index in [0.717, 1.165) is 16.3 Å². The lowest BCUT2D eigenvalue weighted by atomic mass is 10.1. The van der Waals surface area contributed by atoms with Gasteiger partial charge in [0.05, 0.1) is 40.6 Å². The van der Waals surface area contributed by atoms with E-state index in [1.54, 1.807) is 25.4 Å². The molecule has 26 heavy (non-hydrogen) atoms. The minimum Gasteiger partial charge on any atom is -0.493 e. The fourth-order valence-corrected chi connectivity index (χ4v) is 3.23. The largest absolute Gasteiger partial charge is 0.493 e. The second-order valence-corrected chi connectivity index (χ2v) is 6.12. The number of hydrogen-bond donors (Lipinski definition) is 2. The van der Waals surface area contributed by atoms with Gasteiger partial charge in [-0.25, -0.2) is 9.97 Å². The maximum absolute atomic E-state index is 12.8. The molecule has 0 spiro atoms. The van der Waals surface area contributed by atoms with E-state index >= 15 is 0 Å². The topological polar surface area (TPSA) is 92.8 Å². The Bertz CT molecular complexity index is 1160. The normalized spacial score (nSPS) is 11.0. The summed E-state index contributed by atoms with van der Waals surface area (Å²) in [6.07, 6.45) is 6.29. The van der Waals surface area contributed by atoms with Crippen LogP contribution in [0, 0.1) is 6.92 Å². The zero-order chi connectivity index (χ0) is 18.3. The van der Waals surface area contributed by atoms with Gasteiger partial charge in [0.1, 0.15) is 12.0 Å². The van der Waals surface area contributed by atoms with Crippen molar-refractivity contribution in [3.05, 3.63) is 53.3 Å². The summed E-state index contributed by atoms with van der Waals surface area (Å²) in [6, 6.07) is 3.69. The third-order valence-electron chi connectivity index (χ3n) is 4.20. The van der Waals surface area contributed by atoms with Crippen LogP contribution in [0.3, 0.4) is 0 Å². The molecule has 0 aliphatic carbocycles. The number of anilines is 1. The van der Waals surface area contributed by atoms with Gasteiger partial charge in [-0.3, -0.25) is 9.78 Å². The molecule has 8 heteroatoms. The average molecular weight is 368 g/mol. The molecule has 0 saturated carbocycles. The molecule has 4 rings (SSSR count). The summed E-state index contributed by atoms with van der Waals surface area (Å²) in [7, 11) is 1.50. The second kappa shape index (κ2) is 6.27. The number of carbonyl (C=O) groups is 1. The standard InChI is InChI=1S/C18H14ClN5O2/c1-9-12(6-21-8-22-9)18(25)24-16-15-11(5-13(19)17(16)26-2)10-3-4-20-7-14(10)23-15/h3-8,23H,1-2H3,(H,24,25). The lowest BCUT2D eigenvalue weighted by Gasteiger charge is -2.13. The first-order valence-electron chi connectivity index (χ1n) is 7.80. The van der Waals surface area contributed by atoms with Crippen LogP contribution in [0.2, 0.25) is 5.02 Å². The highest BCUT2D eigenvalue weighted by Gasteiger charge is 2.20. The van der Waals surface area contributed by atoms with Gasteiger partial charge in [-0.05, 0) is 19.1 Å². The van der Waals surface area contributed by atoms with Gasteiger partial charge in [0, 0.05) is 23.2 Å². The molecule has 0 unspecified atom stereocenters. The van der Waals surface area contributed by atoms with Crippen molar-refractivity contribution in [2.45, 2.75) is 6.92 Å². The Kier molecular flexibility index (Phi) is 3.93. The third kappa shape index (κ3) is 2.53. The van der Waals surface area contributed by atoms with Crippen molar-refractivity contribution in [1.82, 2.24) is 19.9 Å². The van der Waals surface area contributed by atoms with E-state index in [0.29, 0.717) is 33.2 Å². The van der Waals surface area contributed by atoms with Gasteiger partial charge in [0.25, 0.3) is 5.91 Å². The number of aromatic nitrogens is 4. The average Bonchev–Trinajstić information content (AvgIpc) is 3.01. The van der Waals surface area contributed by atoms with E-state index in [-0.39, 0.29) is 5.91 Å². The Balaban J connectivity index is 1.92. The number of ether oxygens (including phenoxy) is 1.